The fraction of sp³-hybridized carbons (Fsp3) is 0.500. The van der Waals surface area contributed by atoms with Crippen LogP contribution in [-0.2, 0) is 14.3 Å². The zero-order chi connectivity index (χ0) is 17.4. The largest absolute Gasteiger partial charge is 0.390 e. The summed E-state index contributed by atoms with van der Waals surface area (Å²) in [6.07, 6.45) is 0.918. The molecule has 3 aliphatic rings. The first-order valence-corrected chi connectivity index (χ1v) is 8.62. The van der Waals surface area contributed by atoms with E-state index in [1.165, 1.54) is 6.20 Å². The molecule has 1 N–H and O–H groups in total. The summed E-state index contributed by atoms with van der Waals surface area (Å²) in [6, 6.07) is 3.56. The van der Waals surface area contributed by atoms with E-state index < -0.39 is 29.1 Å². The van der Waals surface area contributed by atoms with Crippen molar-refractivity contribution in [1.82, 2.24) is 4.98 Å². The van der Waals surface area contributed by atoms with Crippen molar-refractivity contribution in [1.29, 1.82) is 5.26 Å². The van der Waals surface area contributed by atoms with Gasteiger partial charge in [-0.15, -0.1) is 0 Å². The van der Waals surface area contributed by atoms with Crippen molar-refractivity contribution in [2.45, 2.75) is 37.6 Å². The number of aliphatic hydroxyl groups excluding tert-OH is 1. The first kappa shape index (κ1) is 15.9. The Bertz CT molecular complexity index is 837. The van der Waals surface area contributed by atoms with Crippen LogP contribution in [0.1, 0.15) is 26.0 Å². The number of hydrogen-bond donors (Lipinski definition) is 1. The monoisotopic (exact) mass is 439 g/mol. The molecular weight excluding hydrogens is 425 g/mol. The molecule has 7 nitrogen and oxygen atoms in total. The summed E-state index contributed by atoms with van der Waals surface area (Å²) >= 11 is 1.95. The SMILES string of the molecule is C[C@@]12O[C@@](C)(C[C@H]1O)[C@H]1C(=O)N(c3cnc(C#N)c(I)c3)C(=O)[C@H]12. The van der Waals surface area contributed by atoms with E-state index in [1.54, 1.807) is 19.9 Å². The van der Waals surface area contributed by atoms with Crippen molar-refractivity contribution in [3.05, 3.63) is 21.5 Å². The number of anilines is 1. The van der Waals surface area contributed by atoms with Gasteiger partial charge in [0.2, 0.25) is 11.8 Å². The van der Waals surface area contributed by atoms with Gasteiger partial charge in [0.05, 0.1) is 39.0 Å². The zero-order valence-electron chi connectivity index (χ0n) is 13.0. The summed E-state index contributed by atoms with van der Waals surface area (Å²) in [5.74, 6) is -2.01. The number of imide groups is 1. The highest BCUT2D eigenvalue weighted by molar-refractivity contribution is 14.1. The quantitative estimate of drug-likeness (QED) is 0.517. The second kappa shape index (κ2) is 4.74. The lowest BCUT2D eigenvalue weighted by Crippen LogP contribution is -2.49. The van der Waals surface area contributed by atoms with Crippen molar-refractivity contribution < 1.29 is 19.4 Å². The molecule has 4 rings (SSSR count). The van der Waals surface area contributed by atoms with Crippen LogP contribution in [0.4, 0.5) is 5.69 Å². The van der Waals surface area contributed by atoms with E-state index in [0.717, 1.165) is 4.90 Å². The van der Waals surface area contributed by atoms with Gasteiger partial charge in [-0.05, 0) is 42.5 Å². The van der Waals surface area contributed by atoms with Gasteiger partial charge >= 0.3 is 0 Å². The number of halogens is 1. The van der Waals surface area contributed by atoms with E-state index >= 15 is 0 Å². The van der Waals surface area contributed by atoms with E-state index in [1.807, 2.05) is 28.7 Å². The number of ether oxygens (including phenoxy) is 1. The zero-order valence-corrected chi connectivity index (χ0v) is 15.1. The van der Waals surface area contributed by atoms with E-state index in [9.17, 15) is 14.7 Å². The number of carbonyl (C=O) groups is 2. The normalized spacial score (nSPS) is 40.1. The summed E-state index contributed by atoms with van der Waals surface area (Å²) in [4.78, 5) is 31.1. The number of aromatic nitrogens is 1. The van der Waals surface area contributed by atoms with Crippen LogP contribution >= 0.6 is 22.6 Å². The second-order valence-electron chi connectivity index (χ2n) is 6.92. The molecule has 0 aromatic carbocycles. The Kier molecular flexibility index (Phi) is 3.15. The van der Waals surface area contributed by atoms with Crippen molar-refractivity contribution in [2.24, 2.45) is 11.8 Å². The molecule has 4 heterocycles. The number of amides is 2. The number of carbonyl (C=O) groups excluding carboxylic acids is 2. The maximum atomic E-state index is 13.0. The summed E-state index contributed by atoms with van der Waals surface area (Å²) < 4.78 is 6.50. The molecule has 24 heavy (non-hydrogen) atoms. The van der Waals surface area contributed by atoms with Crippen LogP contribution in [-0.4, -0.2) is 39.2 Å². The molecule has 0 saturated carbocycles. The Morgan fingerprint density at radius 1 is 1.42 bits per heavy atom. The molecular formula is C16H14IN3O4. The van der Waals surface area contributed by atoms with Gasteiger partial charge in [0, 0.05) is 6.42 Å². The van der Waals surface area contributed by atoms with Gasteiger partial charge in [-0.1, -0.05) is 0 Å². The molecule has 5 atom stereocenters. The smallest absolute Gasteiger partial charge is 0.240 e. The van der Waals surface area contributed by atoms with Crippen LogP contribution in [0.2, 0.25) is 0 Å². The van der Waals surface area contributed by atoms with Gasteiger partial charge in [-0.25, -0.2) is 9.88 Å². The van der Waals surface area contributed by atoms with Gasteiger partial charge in [-0.3, -0.25) is 9.59 Å². The van der Waals surface area contributed by atoms with E-state index in [-0.39, 0.29) is 17.5 Å². The number of hydrogen-bond acceptors (Lipinski definition) is 6. The highest BCUT2D eigenvalue weighted by Gasteiger charge is 2.75. The van der Waals surface area contributed by atoms with Crippen molar-refractivity contribution in [3.8, 4) is 6.07 Å². The topological polar surface area (TPSA) is 104 Å². The molecule has 1 aromatic rings. The standard InChI is InChI=1S/C16H14IN3O4/c1-15-4-10(21)16(2,24-15)12-11(15)13(22)20(14(12)23)7-3-8(17)9(5-18)19-6-7/h3,6,10-12,21H,4H2,1-2H3/t10-,11-,12+,15+,16-/m1/s1. The Labute approximate surface area is 151 Å². The highest BCUT2D eigenvalue weighted by Crippen LogP contribution is 2.60. The number of nitrogens with zero attached hydrogens (tertiary/aromatic N) is 3. The van der Waals surface area contributed by atoms with Crippen molar-refractivity contribution in [3.63, 3.8) is 0 Å². The third-order valence-electron chi connectivity index (χ3n) is 5.49. The minimum absolute atomic E-state index is 0.247. The predicted molar refractivity (Wildman–Crippen MR) is 89.7 cm³/mol. The maximum absolute atomic E-state index is 13.0. The molecule has 3 saturated heterocycles. The van der Waals surface area contributed by atoms with Crippen LogP contribution in [0.25, 0.3) is 0 Å². The van der Waals surface area contributed by atoms with Crippen LogP contribution < -0.4 is 4.90 Å². The molecule has 3 aliphatic heterocycles. The summed E-state index contributed by atoms with van der Waals surface area (Å²) in [5, 5.41) is 19.3. The first-order chi connectivity index (χ1) is 11.2. The number of aliphatic hydroxyl groups is 1. The Morgan fingerprint density at radius 3 is 2.71 bits per heavy atom. The highest BCUT2D eigenvalue weighted by atomic mass is 127. The van der Waals surface area contributed by atoms with Crippen LogP contribution in [0.5, 0.6) is 0 Å². The lowest BCUT2D eigenvalue weighted by molar-refractivity contribution is -0.132. The number of rotatable bonds is 1. The van der Waals surface area contributed by atoms with Crippen molar-refractivity contribution >= 4 is 40.1 Å². The predicted octanol–water partition coefficient (Wildman–Crippen LogP) is 0.976. The number of fused-ring (bicyclic) bond motifs is 5. The summed E-state index contributed by atoms with van der Waals surface area (Å²) in [7, 11) is 0. The molecule has 124 valence electrons. The van der Waals surface area contributed by atoms with Gasteiger partial charge < -0.3 is 9.84 Å². The average molecular weight is 439 g/mol. The minimum atomic E-state index is -1.05. The average Bonchev–Trinajstić information content (AvgIpc) is 3.01. The number of pyridine rings is 1. The van der Waals surface area contributed by atoms with Gasteiger partial charge in [0.15, 0.2) is 5.69 Å². The second-order valence-corrected chi connectivity index (χ2v) is 8.08. The maximum Gasteiger partial charge on any atom is 0.240 e. The molecule has 8 heteroatoms. The van der Waals surface area contributed by atoms with Gasteiger partial charge in [-0.2, -0.15) is 5.26 Å². The summed E-state index contributed by atoms with van der Waals surface area (Å²) in [5.41, 5.74) is -1.29. The van der Waals surface area contributed by atoms with Gasteiger partial charge in [0.1, 0.15) is 11.7 Å². The van der Waals surface area contributed by atoms with Crippen LogP contribution in [0.15, 0.2) is 12.3 Å². The van der Waals surface area contributed by atoms with E-state index in [2.05, 4.69) is 4.98 Å². The van der Waals surface area contributed by atoms with Crippen LogP contribution in [0.3, 0.4) is 0 Å². The molecule has 2 amide bonds. The van der Waals surface area contributed by atoms with E-state index in [4.69, 9.17) is 10.00 Å². The molecule has 1 aromatic heterocycles. The van der Waals surface area contributed by atoms with Crippen LogP contribution in [0, 0.1) is 26.7 Å². The molecule has 0 radical (unpaired) electrons. The lowest BCUT2D eigenvalue weighted by Gasteiger charge is -2.31. The van der Waals surface area contributed by atoms with Crippen molar-refractivity contribution in [2.75, 3.05) is 4.90 Å². The Hall–Kier alpha value is -1.57. The third-order valence-corrected chi connectivity index (χ3v) is 6.31. The fourth-order valence-electron chi connectivity index (χ4n) is 4.41. The molecule has 0 aliphatic carbocycles. The lowest BCUT2D eigenvalue weighted by atomic mass is 9.67. The van der Waals surface area contributed by atoms with E-state index in [0.29, 0.717) is 15.7 Å². The molecule has 0 unspecified atom stereocenters. The van der Waals surface area contributed by atoms with Gasteiger partial charge in [0.25, 0.3) is 0 Å². The molecule has 3 fully saturated rings. The third kappa shape index (κ3) is 1.75. The first-order valence-electron chi connectivity index (χ1n) is 7.54. The molecule has 2 bridgehead atoms. The summed E-state index contributed by atoms with van der Waals surface area (Å²) in [6.45, 7) is 3.48. The molecule has 0 spiro atoms. The minimum Gasteiger partial charge on any atom is -0.390 e. The number of nitriles is 1. The Balaban J connectivity index is 1.79. The Morgan fingerprint density at radius 2 is 2.08 bits per heavy atom. The fourth-order valence-corrected chi connectivity index (χ4v) is 4.99.